The highest BCUT2D eigenvalue weighted by molar-refractivity contribution is 5.22. The summed E-state index contributed by atoms with van der Waals surface area (Å²) >= 11 is 0. The first-order chi connectivity index (χ1) is 10.2. The minimum Gasteiger partial charge on any atom is -0.311 e. The van der Waals surface area contributed by atoms with E-state index in [2.05, 4.69) is 56.4 Å². The highest BCUT2D eigenvalue weighted by Crippen LogP contribution is 2.33. The molecule has 0 bridgehead atoms. The van der Waals surface area contributed by atoms with Crippen molar-refractivity contribution in [3.05, 3.63) is 35.9 Å². The van der Waals surface area contributed by atoms with E-state index < -0.39 is 0 Å². The Morgan fingerprint density at radius 3 is 2.43 bits per heavy atom. The van der Waals surface area contributed by atoms with Crippen molar-refractivity contribution in [3.8, 4) is 0 Å². The molecule has 3 atom stereocenters. The van der Waals surface area contributed by atoms with Gasteiger partial charge in [0.25, 0.3) is 0 Å². The van der Waals surface area contributed by atoms with E-state index in [1.54, 1.807) is 0 Å². The second kappa shape index (κ2) is 8.58. The molecule has 1 heteroatoms. The van der Waals surface area contributed by atoms with Gasteiger partial charge in [0.2, 0.25) is 0 Å². The predicted octanol–water partition coefficient (Wildman–Crippen LogP) is 5.52. The molecule has 2 rings (SSSR count). The normalized spacial score (nSPS) is 24.2. The average molecular weight is 287 g/mol. The van der Waals surface area contributed by atoms with Crippen LogP contribution >= 0.6 is 0 Å². The molecule has 1 N–H and O–H groups in total. The van der Waals surface area contributed by atoms with Gasteiger partial charge in [0, 0.05) is 12.1 Å². The number of benzene rings is 1. The summed E-state index contributed by atoms with van der Waals surface area (Å²) in [5, 5.41) is 3.94. The highest BCUT2D eigenvalue weighted by Gasteiger charge is 2.27. The van der Waals surface area contributed by atoms with Gasteiger partial charge in [-0.15, -0.1) is 0 Å². The van der Waals surface area contributed by atoms with Gasteiger partial charge in [-0.25, -0.2) is 0 Å². The topological polar surface area (TPSA) is 12.0 Å². The largest absolute Gasteiger partial charge is 0.311 e. The zero-order valence-electron chi connectivity index (χ0n) is 14.1. The maximum absolute atomic E-state index is 3.94. The SMILES string of the molecule is CC(C)CCCC(C)NC1CCCCC1c1ccccc1. The Hall–Kier alpha value is -0.820. The molecule has 0 radical (unpaired) electrons. The monoisotopic (exact) mass is 287 g/mol. The van der Waals surface area contributed by atoms with Crippen molar-refractivity contribution in [1.29, 1.82) is 0 Å². The van der Waals surface area contributed by atoms with E-state index in [0.29, 0.717) is 18.0 Å². The lowest BCUT2D eigenvalue weighted by Gasteiger charge is -2.35. The molecular weight excluding hydrogens is 254 g/mol. The lowest BCUT2D eigenvalue weighted by Crippen LogP contribution is -2.42. The molecular formula is C20H33N. The molecule has 1 saturated carbocycles. The van der Waals surface area contributed by atoms with Gasteiger partial charge in [0.1, 0.15) is 0 Å². The van der Waals surface area contributed by atoms with E-state index in [0.717, 1.165) is 5.92 Å². The summed E-state index contributed by atoms with van der Waals surface area (Å²) in [6, 6.07) is 12.5. The Balaban J connectivity index is 1.87. The van der Waals surface area contributed by atoms with Gasteiger partial charge in [0.15, 0.2) is 0 Å². The molecule has 0 aliphatic heterocycles. The Kier molecular flexibility index (Phi) is 6.76. The van der Waals surface area contributed by atoms with Crippen molar-refractivity contribution in [2.45, 2.75) is 83.7 Å². The second-order valence-electron chi connectivity index (χ2n) is 7.30. The Morgan fingerprint density at radius 2 is 1.71 bits per heavy atom. The molecule has 0 heterocycles. The quantitative estimate of drug-likeness (QED) is 0.696. The Morgan fingerprint density at radius 1 is 1.00 bits per heavy atom. The average Bonchev–Trinajstić information content (AvgIpc) is 2.48. The third-order valence-electron chi connectivity index (χ3n) is 4.91. The summed E-state index contributed by atoms with van der Waals surface area (Å²) in [5.74, 6) is 1.55. The van der Waals surface area contributed by atoms with Crippen LogP contribution in [-0.4, -0.2) is 12.1 Å². The number of rotatable bonds is 7. The number of hydrogen-bond donors (Lipinski definition) is 1. The minimum atomic E-state index is 0.651. The van der Waals surface area contributed by atoms with Crippen LogP contribution in [0.4, 0.5) is 0 Å². The van der Waals surface area contributed by atoms with Crippen molar-refractivity contribution in [3.63, 3.8) is 0 Å². The van der Waals surface area contributed by atoms with E-state index in [1.165, 1.54) is 50.5 Å². The van der Waals surface area contributed by atoms with Gasteiger partial charge in [-0.1, -0.05) is 69.9 Å². The molecule has 0 amide bonds. The van der Waals surface area contributed by atoms with Crippen molar-refractivity contribution in [1.82, 2.24) is 5.32 Å². The third-order valence-corrected chi connectivity index (χ3v) is 4.91. The first-order valence-electron chi connectivity index (χ1n) is 8.98. The molecule has 1 nitrogen and oxygen atoms in total. The van der Waals surface area contributed by atoms with Crippen molar-refractivity contribution < 1.29 is 0 Å². The molecule has 0 spiro atoms. The summed E-state index contributed by atoms with van der Waals surface area (Å²) in [7, 11) is 0. The summed E-state index contributed by atoms with van der Waals surface area (Å²) < 4.78 is 0. The van der Waals surface area contributed by atoms with Crippen LogP contribution in [0.25, 0.3) is 0 Å². The van der Waals surface area contributed by atoms with Gasteiger partial charge in [0.05, 0.1) is 0 Å². The molecule has 1 aliphatic rings. The molecule has 21 heavy (non-hydrogen) atoms. The fourth-order valence-electron chi connectivity index (χ4n) is 3.71. The fraction of sp³-hybridized carbons (Fsp3) is 0.700. The standard InChI is InChI=1S/C20H33N/c1-16(2)10-9-11-17(3)21-20-15-8-7-14-19(20)18-12-5-4-6-13-18/h4-6,12-13,16-17,19-21H,7-11,14-15H2,1-3H3. The first-order valence-corrected chi connectivity index (χ1v) is 8.98. The Bertz CT molecular complexity index is 384. The van der Waals surface area contributed by atoms with Crippen LogP contribution in [0.15, 0.2) is 30.3 Å². The smallest absolute Gasteiger partial charge is 0.0138 e. The van der Waals surface area contributed by atoms with Crippen LogP contribution in [0.1, 0.15) is 77.2 Å². The molecule has 0 aromatic heterocycles. The van der Waals surface area contributed by atoms with E-state index in [4.69, 9.17) is 0 Å². The molecule has 1 aliphatic carbocycles. The van der Waals surface area contributed by atoms with Gasteiger partial charge in [-0.2, -0.15) is 0 Å². The van der Waals surface area contributed by atoms with Crippen LogP contribution in [0.2, 0.25) is 0 Å². The third kappa shape index (κ3) is 5.47. The summed E-state index contributed by atoms with van der Waals surface area (Å²) in [6.45, 7) is 7.02. The van der Waals surface area contributed by atoms with Crippen LogP contribution in [0.3, 0.4) is 0 Å². The van der Waals surface area contributed by atoms with Gasteiger partial charge in [-0.3, -0.25) is 0 Å². The van der Waals surface area contributed by atoms with Crippen molar-refractivity contribution in [2.75, 3.05) is 0 Å². The van der Waals surface area contributed by atoms with Gasteiger partial charge >= 0.3 is 0 Å². The van der Waals surface area contributed by atoms with Gasteiger partial charge in [-0.05, 0) is 43.6 Å². The van der Waals surface area contributed by atoms with Crippen LogP contribution < -0.4 is 5.32 Å². The molecule has 118 valence electrons. The van der Waals surface area contributed by atoms with E-state index in [1.807, 2.05) is 0 Å². The molecule has 1 aromatic rings. The lowest BCUT2D eigenvalue weighted by atomic mass is 9.79. The first kappa shape index (κ1) is 16.5. The predicted molar refractivity (Wildman–Crippen MR) is 92.7 cm³/mol. The van der Waals surface area contributed by atoms with Crippen LogP contribution in [0, 0.1) is 5.92 Å². The Labute approximate surface area is 131 Å². The van der Waals surface area contributed by atoms with E-state index in [-0.39, 0.29) is 0 Å². The maximum atomic E-state index is 3.94. The number of nitrogens with one attached hydrogen (secondary N) is 1. The molecule has 3 unspecified atom stereocenters. The van der Waals surface area contributed by atoms with E-state index in [9.17, 15) is 0 Å². The van der Waals surface area contributed by atoms with Crippen LogP contribution in [0.5, 0.6) is 0 Å². The number of hydrogen-bond acceptors (Lipinski definition) is 1. The maximum Gasteiger partial charge on any atom is 0.0138 e. The zero-order valence-corrected chi connectivity index (χ0v) is 14.1. The summed E-state index contributed by atoms with van der Waals surface area (Å²) in [6.07, 6.45) is 9.50. The van der Waals surface area contributed by atoms with Crippen LogP contribution in [-0.2, 0) is 0 Å². The van der Waals surface area contributed by atoms with Crippen molar-refractivity contribution >= 4 is 0 Å². The highest BCUT2D eigenvalue weighted by atomic mass is 15.0. The van der Waals surface area contributed by atoms with Gasteiger partial charge < -0.3 is 5.32 Å². The zero-order chi connectivity index (χ0) is 15.1. The minimum absolute atomic E-state index is 0.651. The molecule has 0 saturated heterocycles. The summed E-state index contributed by atoms with van der Waals surface area (Å²) in [4.78, 5) is 0. The molecule has 1 aromatic carbocycles. The second-order valence-corrected chi connectivity index (χ2v) is 7.30. The summed E-state index contributed by atoms with van der Waals surface area (Å²) in [5.41, 5.74) is 1.53. The fourth-order valence-corrected chi connectivity index (χ4v) is 3.71. The lowest BCUT2D eigenvalue weighted by molar-refractivity contribution is 0.295. The van der Waals surface area contributed by atoms with Crippen molar-refractivity contribution in [2.24, 2.45) is 5.92 Å². The molecule has 1 fully saturated rings. The van der Waals surface area contributed by atoms with E-state index >= 15 is 0 Å².